The van der Waals surface area contributed by atoms with Gasteiger partial charge in [0.05, 0.1) is 17.7 Å². The molecule has 0 amide bonds. The largest absolute Gasteiger partial charge is 0.460 e. The summed E-state index contributed by atoms with van der Waals surface area (Å²) in [6.07, 6.45) is 0. The molecule has 0 atom stereocenters. The molecule has 0 radical (unpaired) electrons. The van der Waals surface area contributed by atoms with Crippen molar-refractivity contribution in [1.82, 2.24) is 0 Å². The lowest BCUT2D eigenvalue weighted by Gasteiger charge is -2.09. The third kappa shape index (κ3) is 2.37. The van der Waals surface area contributed by atoms with Crippen molar-refractivity contribution < 1.29 is 9.53 Å². The van der Waals surface area contributed by atoms with Gasteiger partial charge in [-0.2, -0.15) is 10.5 Å². The number of hydrogen-bond acceptors (Lipinski definition) is 4. The van der Waals surface area contributed by atoms with Gasteiger partial charge in [-0.05, 0) is 28.3 Å². The summed E-state index contributed by atoms with van der Waals surface area (Å²) in [4.78, 5) is 12.4. The third-order valence-corrected chi connectivity index (χ3v) is 3.82. The van der Waals surface area contributed by atoms with Crippen LogP contribution in [0.2, 0.25) is 0 Å². The highest BCUT2D eigenvalue weighted by molar-refractivity contribution is 6.08. The van der Waals surface area contributed by atoms with Crippen molar-refractivity contribution in [3.05, 3.63) is 65.7 Å². The maximum Gasteiger partial charge on any atom is 0.338 e. The van der Waals surface area contributed by atoms with Crippen LogP contribution in [0.3, 0.4) is 0 Å². The van der Waals surface area contributed by atoms with Gasteiger partial charge in [0.15, 0.2) is 5.92 Å². The van der Waals surface area contributed by atoms with Crippen LogP contribution in [0.15, 0.2) is 49.0 Å². The van der Waals surface area contributed by atoms with Crippen molar-refractivity contribution in [2.45, 2.75) is 0 Å². The van der Waals surface area contributed by atoms with Crippen LogP contribution in [0.4, 0.5) is 0 Å². The number of rotatable bonds is 3. The van der Waals surface area contributed by atoms with Crippen LogP contribution in [0.1, 0.15) is 21.5 Å². The van der Waals surface area contributed by atoms with Crippen LogP contribution in [0, 0.1) is 28.6 Å². The summed E-state index contributed by atoms with van der Waals surface area (Å²) in [7, 11) is 0. The predicted molar refractivity (Wildman–Crippen MR) is 85.0 cm³/mol. The maximum atomic E-state index is 12.4. The summed E-state index contributed by atoms with van der Waals surface area (Å²) >= 11 is 0. The Balaban J connectivity index is 1.99. The van der Waals surface area contributed by atoms with Gasteiger partial charge in [0.25, 0.3) is 0 Å². The van der Waals surface area contributed by atoms with Gasteiger partial charge >= 0.3 is 5.97 Å². The zero-order chi connectivity index (χ0) is 16.4. The molecule has 3 rings (SSSR count). The Hall–Kier alpha value is -3.37. The van der Waals surface area contributed by atoms with E-state index in [-0.39, 0.29) is 6.61 Å². The van der Waals surface area contributed by atoms with Gasteiger partial charge in [0.2, 0.25) is 0 Å². The lowest BCUT2D eigenvalue weighted by atomic mass is 9.99. The molecule has 1 aliphatic carbocycles. The van der Waals surface area contributed by atoms with Gasteiger partial charge < -0.3 is 4.74 Å². The molecule has 0 spiro atoms. The first-order chi connectivity index (χ1) is 11.2. The minimum Gasteiger partial charge on any atom is -0.460 e. The van der Waals surface area contributed by atoms with Gasteiger partial charge in [-0.15, -0.1) is 0 Å². The highest BCUT2D eigenvalue weighted by Gasteiger charge is 2.27. The second-order valence-electron chi connectivity index (χ2n) is 5.16. The van der Waals surface area contributed by atoms with E-state index in [2.05, 4.69) is 6.58 Å². The SMILES string of the molecule is C=C1c2ccccc2-c2c1cccc2C(=O)OCC(C#N)C#N. The molecule has 0 aliphatic heterocycles. The summed E-state index contributed by atoms with van der Waals surface area (Å²) in [5.41, 5.74) is 4.92. The van der Waals surface area contributed by atoms with Crippen LogP contribution in [-0.2, 0) is 4.74 Å². The molecule has 2 aromatic carbocycles. The molecule has 0 heterocycles. The molecule has 0 unspecified atom stereocenters. The smallest absolute Gasteiger partial charge is 0.338 e. The first-order valence-electron chi connectivity index (χ1n) is 7.05. The first-order valence-corrected chi connectivity index (χ1v) is 7.05. The zero-order valence-electron chi connectivity index (χ0n) is 12.2. The van der Waals surface area contributed by atoms with Crippen LogP contribution in [0.25, 0.3) is 16.7 Å². The Kier molecular flexibility index (Phi) is 3.66. The number of esters is 1. The number of benzene rings is 2. The van der Waals surface area contributed by atoms with Crippen LogP contribution < -0.4 is 0 Å². The summed E-state index contributed by atoms with van der Waals surface area (Å²) in [6.45, 7) is 3.86. The number of nitrogens with zero attached hydrogens (tertiary/aromatic N) is 2. The van der Waals surface area contributed by atoms with E-state index in [1.165, 1.54) is 0 Å². The van der Waals surface area contributed by atoms with E-state index >= 15 is 0 Å². The first kappa shape index (κ1) is 14.6. The topological polar surface area (TPSA) is 73.9 Å². The maximum absolute atomic E-state index is 12.4. The highest BCUT2D eigenvalue weighted by Crippen LogP contribution is 2.44. The average Bonchev–Trinajstić information content (AvgIpc) is 2.89. The van der Waals surface area contributed by atoms with Gasteiger partial charge in [-0.25, -0.2) is 4.79 Å². The van der Waals surface area contributed by atoms with E-state index in [9.17, 15) is 4.79 Å². The molecule has 2 aromatic rings. The number of ether oxygens (including phenoxy) is 1. The lowest BCUT2D eigenvalue weighted by Crippen LogP contribution is -2.13. The van der Waals surface area contributed by atoms with E-state index in [0.717, 1.165) is 27.8 Å². The molecular weight excluding hydrogens is 288 g/mol. The molecule has 1 aliphatic rings. The number of hydrogen-bond donors (Lipinski definition) is 0. The van der Waals surface area contributed by atoms with Crippen molar-refractivity contribution in [3.63, 3.8) is 0 Å². The minimum absolute atomic E-state index is 0.238. The minimum atomic E-state index is -0.960. The Morgan fingerprint density at radius 2 is 1.70 bits per heavy atom. The molecule has 0 aromatic heterocycles. The second kappa shape index (κ2) is 5.79. The number of carbonyl (C=O) groups excluding carboxylic acids is 1. The lowest BCUT2D eigenvalue weighted by molar-refractivity contribution is 0.0490. The monoisotopic (exact) mass is 300 g/mol. The van der Waals surface area contributed by atoms with Gasteiger partial charge in [0, 0.05) is 5.56 Å². The number of fused-ring (bicyclic) bond motifs is 3. The molecule has 0 bridgehead atoms. The Morgan fingerprint density at radius 3 is 2.39 bits per heavy atom. The van der Waals surface area contributed by atoms with Crippen molar-refractivity contribution in [2.24, 2.45) is 5.92 Å². The molecule has 0 saturated heterocycles. The molecule has 0 N–H and O–H groups in total. The van der Waals surface area contributed by atoms with Gasteiger partial charge in [-0.3, -0.25) is 0 Å². The summed E-state index contributed by atoms with van der Waals surface area (Å²) in [6, 6.07) is 16.7. The summed E-state index contributed by atoms with van der Waals surface area (Å²) in [5, 5.41) is 17.5. The van der Waals surface area contributed by atoms with E-state index in [4.69, 9.17) is 15.3 Å². The fourth-order valence-corrected chi connectivity index (χ4v) is 2.71. The molecular formula is C19H12N2O2. The fourth-order valence-electron chi connectivity index (χ4n) is 2.71. The quantitative estimate of drug-likeness (QED) is 0.693. The highest BCUT2D eigenvalue weighted by atomic mass is 16.5. The molecule has 110 valence electrons. The average molecular weight is 300 g/mol. The van der Waals surface area contributed by atoms with E-state index in [1.54, 1.807) is 24.3 Å². The standard InChI is InChI=1S/C19H12N2O2/c1-12-14-5-2-3-6-16(14)18-15(12)7-4-8-17(18)19(22)23-11-13(9-20)10-21/h2-8,13H,1,11H2. The van der Waals surface area contributed by atoms with Crippen molar-refractivity contribution >= 4 is 11.5 Å². The number of nitriles is 2. The van der Waals surface area contributed by atoms with Crippen LogP contribution in [-0.4, -0.2) is 12.6 Å². The Labute approximate surface area is 133 Å². The molecule has 0 saturated carbocycles. The normalized spacial score (nSPS) is 11.3. The van der Waals surface area contributed by atoms with E-state index in [1.807, 2.05) is 30.3 Å². The second-order valence-corrected chi connectivity index (χ2v) is 5.16. The molecule has 0 fully saturated rings. The Bertz CT molecular complexity index is 886. The van der Waals surface area contributed by atoms with Crippen molar-refractivity contribution in [2.75, 3.05) is 6.61 Å². The van der Waals surface area contributed by atoms with Crippen molar-refractivity contribution in [1.29, 1.82) is 10.5 Å². The summed E-state index contributed by atoms with van der Waals surface area (Å²) < 4.78 is 5.13. The molecule has 4 nitrogen and oxygen atoms in total. The van der Waals surface area contributed by atoms with Gasteiger partial charge in [0.1, 0.15) is 6.61 Å². The predicted octanol–water partition coefficient (Wildman–Crippen LogP) is 3.55. The Morgan fingerprint density at radius 1 is 1.04 bits per heavy atom. The fraction of sp³-hybridized carbons (Fsp3) is 0.105. The molecule has 4 heteroatoms. The zero-order valence-corrected chi connectivity index (χ0v) is 12.2. The van der Waals surface area contributed by atoms with E-state index < -0.39 is 11.9 Å². The number of carbonyl (C=O) groups is 1. The van der Waals surface area contributed by atoms with Gasteiger partial charge in [-0.1, -0.05) is 43.0 Å². The van der Waals surface area contributed by atoms with Crippen LogP contribution in [0.5, 0.6) is 0 Å². The van der Waals surface area contributed by atoms with Crippen molar-refractivity contribution in [3.8, 4) is 23.3 Å². The third-order valence-electron chi connectivity index (χ3n) is 3.82. The van der Waals surface area contributed by atoms with Crippen LogP contribution >= 0.6 is 0 Å². The summed E-state index contributed by atoms with van der Waals surface area (Å²) in [5.74, 6) is -1.50. The molecule has 23 heavy (non-hydrogen) atoms. The van der Waals surface area contributed by atoms with E-state index in [0.29, 0.717) is 5.56 Å².